The highest BCUT2D eigenvalue weighted by Crippen LogP contribution is 2.36. The lowest BCUT2D eigenvalue weighted by molar-refractivity contribution is -0.0674. The number of hydrogen-bond acceptors (Lipinski definition) is 3. The number of fused-ring (bicyclic) bond motifs is 1. The van der Waals surface area contributed by atoms with E-state index in [4.69, 9.17) is 4.74 Å². The molecule has 0 amide bonds. The monoisotopic (exact) mass is 249 g/mol. The number of aromatic nitrogens is 1. The van der Waals surface area contributed by atoms with E-state index in [2.05, 4.69) is 24.9 Å². The summed E-state index contributed by atoms with van der Waals surface area (Å²) in [4.78, 5) is 4.45. The summed E-state index contributed by atoms with van der Waals surface area (Å²) >= 11 is 0. The second kappa shape index (κ2) is 5.81. The maximum atomic E-state index is 10.6. The molecule has 0 spiro atoms. The van der Waals surface area contributed by atoms with E-state index in [1.807, 2.05) is 19.2 Å². The summed E-state index contributed by atoms with van der Waals surface area (Å²) in [6, 6.07) is 4.08. The largest absolute Gasteiger partial charge is 0.390 e. The SMILES string of the molecule is CCOC(C(C)C)C(O)C1CCc2cccnc21. The molecule has 1 aromatic heterocycles. The molecule has 1 N–H and O–H groups in total. The lowest BCUT2D eigenvalue weighted by Crippen LogP contribution is -2.37. The number of aliphatic hydroxyl groups excluding tert-OH is 1. The molecule has 1 heterocycles. The summed E-state index contributed by atoms with van der Waals surface area (Å²) in [5, 5.41) is 10.6. The molecular weight excluding hydrogens is 226 g/mol. The van der Waals surface area contributed by atoms with Gasteiger partial charge in [0.15, 0.2) is 0 Å². The van der Waals surface area contributed by atoms with E-state index >= 15 is 0 Å². The standard InChI is InChI=1S/C15H23NO2/c1-4-18-15(10(2)3)14(17)12-8-7-11-6-5-9-16-13(11)12/h5-6,9-10,12,14-15,17H,4,7-8H2,1-3H3. The van der Waals surface area contributed by atoms with Crippen molar-refractivity contribution in [3.63, 3.8) is 0 Å². The smallest absolute Gasteiger partial charge is 0.0887 e. The Morgan fingerprint density at radius 2 is 2.28 bits per heavy atom. The van der Waals surface area contributed by atoms with Gasteiger partial charge in [-0.2, -0.15) is 0 Å². The number of hydrogen-bond donors (Lipinski definition) is 1. The van der Waals surface area contributed by atoms with Crippen LogP contribution in [0.15, 0.2) is 18.3 Å². The van der Waals surface area contributed by atoms with Gasteiger partial charge in [-0.3, -0.25) is 4.98 Å². The molecule has 0 bridgehead atoms. The van der Waals surface area contributed by atoms with Crippen molar-refractivity contribution >= 4 is 0 Å². The molecule has 2 rings (SSSR count). The van der Waals surface area contributed by atoms with Crippen molar-refractivity contribution in [2.75, 3.05) is 6.61 Å². The highest BCUT2D eigenvalue weighted by atomic mass is 16.5. The Labute approximate surface area is 109 Å². The van der Waals surface area contributed by atoms with Crippen LogP contribution in [0.3, 0.4) is 0 Å². The minimum absolute atomic E-state index is 0.104. The zero-order valence-electron chi connectivity index (χ0n) is 11.5. The van der Waals surface area contributed by atoms with Crippen LogP contribution >= 0.6 is 0 Å². The van der Waals surface area contributed by atoms with Crippen molar-refractivity contribution in [2.45, 2.75) is 51.7 Å². The van der Waals surface area contributed by atoms with E-state index in [0.29, 0.717) is 12.5 Å². The third-order valence-corrected chi connectivity index (χ3v) is 3.77. The summed E-state index contributed by atoms with van der Waals surface area (Å²) < 4.78 is 5.71. The lowest BCUT2D eigenvalue weighted by Gasteiger charge is -2.30. The van der Waals surface area contributed by atoms with Crippen LogP contribution in [0.25, 0.3) is 0 Å². The quantitative estimate of drug-likeness (QED) is 0.872. The average molecular weight is 249 g/mol. The number of ether oxygens (including phenoxy) is 1. The molecule has 3 atom stereocenters. The Morgan fingerprint density at radius 3 is 2.94 bits per heavy atom. The third-order valence-electron chi connectivity index (χ3n) is 3.77. The van der Waals surface area contributed by atoms with Gasteiger partial charge in [0.05, 0.1) is 12.2 Å². The zero-order valence-corrected chi connectivity index (χ0v) is 11.5. The van der Waals surface area contributed by atoms with Crippen LogP contribution in [-0.2, 0) is 11.2 Å². The van der Waals surface area contributed by atoms with Gasteiger partial charge in [-0.1, -0.05) is 19.9 Å². The van der Waals surface area contributed by atoms with Gasteiger partial charge in [0.2, 0.25) is 0 Å². The van der Waals surface area contributed by atoms with Crippen molar-refractivity contribution in [3.8, 4) is 0 Å². The molecule has 3 heteroatoms. The molecule has 1 aliphatic carbocycles. The Morgan fingerprint density at radius 1 is 1.50 bits per heavy atom. The summed E-state index contributed by atoms with van der Waals surface area (Å²) in [7, 11) is 0. The molecule has 18 heavy (non-hydrogen) atoms. The van der Waals surface area contributed by atoms with Gasteiger partial charge >= 0.3 is 0 Å². The van der Waals surface area contributed by atoms with Crippen LogP contribution in [0.1, 0.15) is 44.4 Å². The summed E-state index contributed by atoms with van der Waals surface area (Å²) in [6.45, 7) is 6.81. The second-order valence-corrected chi connectivity index (χ2v) is 5.35. The fraction of sp³-hybridized carbons (Fsp3) is 0.667. The Bertz CT molecular complexity index is 392. The molecule has 0 saturated carbocycles. The van der Waals surface area contributed by atoms with E-state index in [1.54, 1.807) is 0 Å². The first-order valence-corrected chi connectivity index (χ1v) is 6.88. The Kier molecular flexibility index (Phi) is 4.36. The topological polar surface area (TPSA) is 42.4 Å². The van der Waals surface area contributed by atoms with Gasteiger partial charge in [-0.05, 0) is 37.3 Å². The van der Waals surface area contributed by atoms with E-state index in [0.717, 1.165) is 18.5 Å². The van der Waals surface area contributed by atoms with Crippen molar-refractivity contribution in [1.82, 2.24) is 4.98 Å². The molecule has 1 aromatic rings. The highest BCUT2D eigenvalue weighted by Gasteiger charge is 2.36. The maximum absolute atomic E-state index is 10.6. The maximum Gasteiger partial charge on any atom is 0.0887 e. The second-order valence-electron chi connectivity index (χ2n) is 5.35. The van der Waals surface area contributed by atoms with E-state index in [9.17, 15) is 5.11 Å². The van der Waals surface area contributed by atoms with Crippen LogP contribution in [-0.4, -0.2) is 28.9 Å². The fourth-order valence-electron chi connectivity index (χ4n) is 2.88. The molecule has 100 valence electrons. The van der Waals surface area contributed by atoms with E-state index < -0.39 is 6.10 Å². The van der Waals surface area contributed by atoms with Crippen molar-refractivity contribution in [1.29, 1.82) is 0 Å². The molecule has 3 nitrogen and oxygen atoms in total. The van der Waals surface area contributed by atoms with Crippen molar-refractivity contribution < 1.29 is 9.84 Å². The van der Waals surface area contributed by atoms with E-state index in [1.165, 1.54) is 5.56 Å². The zero-order chi connectivity index (χ0) is 13.1. The number of aliphatic hydroxyl groups is 1. The number of pyridine rings is 1. The first-order valence-electron chi connectivity index (χ1n) is 6.88. The summed E-state index contributed by atoms with van der Waals surface area (Å²) in [5.74, 6) is 0.438. The molecule has 1 aliphatic rings. The summed E-state index contributed by atoms with van der Waals surface area (Å²) in [5.41, 5.74) is 2.34. The van der Waals surface area contributed by atoms with Gasteiger partial charge in [0.25, 0.3) is 0 Å². The number of rotatable bonds is 5. The van der Waals surface area contributed by atoms with Crippen LogP contribution in [0.5, 0.6) is 0 Å². The molecular formula is C15H23NO2. The molecule has 0 aliphatic heterocycles. The Balaban J connectivity index is 2.17. The molecule has 0 fully saturated rings. The fourth-order valence-corrected chi connectivity index (χ4v) is 2.88. The van der Waals surface area contributed by atoms with Crippen LogP contribution in [0.2, 0.25) is 0 Å². The lowest BCUT2D eigenvalue weighted by atomic mass is 9.89. The average Bonchev–Trinajstić information content (AvgIpc) is 2.78. The number of nitrogens with zero attached hydrogens (tertiary/aromatic N) is 1. The summed E-state index contributed by atoms with van der Waals surface area (Å²) in [6.07, 6.45) is 3.25. The predicted octanol–water partition coefficient (Wildman–Crippen LogP) is 2.53. The Hall–Kier alpha value is -0.930. The van der Waals surface area contributed by atoms with Gasteiger partial charge in [-0.15, -0.1) is 0 Å². The first kappa shape index (κ1) is 13.5. The molecule has 0 aromatic carbocycles. The van der Waals surface area contributed by atoms with Gasteiger partial charge in [-0.25, -0.2) is 0 Å². The predicted molar refractivity (Wildman–Crippen MR) is 71.6 cm³/mol. The van der Waals surface area contributed by atoms with Crippen molar-refractivity contribution in [2.24, 2.45) is 5.92 Å². The number of aryl methyl sites for hydroxylation is 1. The molecule has 0 radical (unpaired) electrons. The third kappa shape index (κ3) is 2.57. The van der Waals surface area contributed by atoms with Crippen LogP contribution in [0.4, 0.5) is 0 Å². The normalized spacial score (nSPS) is 21.9. The molecule has 3 unspecified atom stereocenters. The van der Waals surface area contributed by atoms with Crippen molar-refractivity contribution in [3.05, 3.63) is 29.6 Å². The highest BCUT2D eigenvalue weighted by molar-refractivity contribution is 5.29. The van der Waals surface area contributed by atoms with Gasteiger partial charge < -0.3 is 9.84 Å². The minimum Gasteiger partial charge on any atom is -0.390 e. The van der Waals surface area contributed by atoms with E-state index in [-0.39, 0.29) is 12.0 Å². The van der Waals surface area contributed by atoms with Gasteiger partial charge in [0, 0.05) is 24.4 Å². The molecule has 0 saturated heterocycles. The first-order chi connectivity index (χ1) is 8.65. The minimum atomic E-state index is -0.457. The van der Waals surface area contributed by atoms with Crippen LogP contribution < -0.4 is 0 Å². The van der Waals surface area contributed by atoms with Gasteiger partial charge in [0.1, 0.15) is 0 Å². The van der Waals surface area contributed by atoms with Crippen LogP contribution in [0, 0.1) is 5.92 Å².